The highest BCUT2D eigenvalue weighted by Gasteiger charge is 2.21. The van der Waals surface area contributed by atoms with Gasteiger partial charge in [0.05, 0.1) is 5.56 Å². The molecule has 3 rings (SSSR count). The van der Waals surface area contributed by atoms with Crippen LogP contribution in [0.1, 0.15) is 32.6 Å². The molecular formula is C20H17N3O. The highest BCUT2D eigenvalue weighted by molar-refractivity contribution is 6.11. The van der Waals surface area contributed by atoms with Gasteiger partial charge in [0, 0.05) is 17.4 Å². The maximum Gasteiger partial charge on any atom is 0.195 e. The summed E-state index contributed by atoms with van der Waals surface area (Å²) >= 11 is 0. The number of hydrogen-bond donors (Lipinski definition) is 1. The second-order valence-electron chi connectivity index (χ2n) is 5.82. The summed E-state index contributed by atoms with van der Waals surface area (Å²) in [5.41, 5.74) is 10.2. The second kappa shape index (κ2) is 6.05. The van der Waals surface area contributed by atoms with Gasteiger partial charge in [0.25, 0.3) is 0 Å². The fraction of sp³-hybridized carbons (Fsp3) is 0.100. The molecular weight excluding hydrogens is 298 g/mol. The number of nitrogens with zero attached hydrogens (tertiary/aromatic N) is 2. The quantitative estimate of drug-likeness (QED) is 0.748. The number of carbonyl (C=O) groups is 1. The number of benzene rings is 2. The molecule has 0 saturated carbocycles. The molecule has 0 atom stereocenters. The van der Waals surface area contributed by atoms with E-state index in [9.17, 15) is 10.1 Å². The standard InChI is InChI=1S/C20H17N3O/c1-13-3-7-15(8-4-13)19(24)18-12-23(20(22)17(18)11-21)16-9-5-14(2)6-10-16/h3-10,12H,22H2,1-2H3. The molecule has 0 saturated heterocycles. The molecule has 118 valence electrons. The van der Waals surface area contributed by atoms with Crippen molar-refractivity contribution in [3.8, 4) is 11.8 Å². The molecule has 0 aliphatic heterocycles. The summed E-state index contributed by atoms with van der Waals surface area (Å²) in [5.74, 6) is 0.0703. The Morgan fingerprint density at radius 3 is 2.08 bits per heavy atom. The number of nitrogen functional groups attached to an aromatic ring is 1. The largest absolute Gasteiger partial charge is 0.384 e. The Morgan fingerprint density at radius 1 is 1.00 bits per heavy atom. The maximum atomic E-state index is 12.8. The maximum absolute atomic E-state index is 12.8. The number of ketones is 1. The molecule has 24 heavy (non-hydrogen) atoms. The summed E-state index contributed by atoms with van der Waals surface area (Å²) in [7, 11) is 0. The van der Waals surface area contributed by atoms with Crippen LogP contribution in [0, 0.1) is 25.2 Å². The van der Waals surface area contributed by atoms with Crippen molar-refractivity contribution >= 4 is 11.6 Å². The van der Waals surface area contributed by atoms with E-state index in [-0.39, 0.29) is 17.2 Å². The van der Waals surface area contributed by atoms with Crippen molar-refractivity contribution in [2.24, 2.45) is 0 Å². The lowest BCUT2D eigenvalue weighted by Gasteiger charge is -2.05. The van der Waals surface area contributed by atoms with Crippen molar-refractivity contribution in [1.82, 2.24) is 4.57 Å². The first-order valence-electron chi connectivity index (χ1n) is 7.60. The second-order valence-corrected chi connectivity index (χ2v) is 5.82. The summed E-state index contributed by atoms with van der Waals surface area (Å²) in [6.07, 6.45) is 1.64. The minimum absolute atomic E-state index is 0.205. The first-order chi connectivity index (χ1) is 11.5. The van der Waals surface area contributed by atoms with Crippen molar-refractivity contribution in [3.05, 3.63) is 82.5 Å². The average molecular weight is 315 g/mol. The van der Waals surface area contributed by atoms with Gasteiger partial charge in [-0.1, -0.05) is 47.5 Å². The van der Waals surface area contributed by atoms with E-state index in [4.69, 9.17) is 5.73 Å². The van der Waals surface area contributed by atoms with Gasteiger partial charge >= 0.3 is 0 Å². The van der Waals surface area contributed by atoms with E-state index in [0.717, 1.165) is 16.8 Å². The normalized spacial score (nSPS) is 10.4. The van der Waals surface area contributed by atoms with Crippen LogP contribution >= 0.6 is 0 Å². The van der Waals surface area contributed by atoms with E-state index in [1.807, 2.05) is 50.2 Å². The zero-order chi connectivity index (χ0) is 17.3. The minimum Gasteiger partial charge on any atom is -0.384 e. The molecule has 4 nitrogen and oxygen atoms in total. The minimum atomic E-state index is -0.205. The molecule has 2 N–H and O–H groups in total. The lowest BCUT2D eigenvalue weighted by atomic mass is 10.0. The Morgan fingerprint density at radius 2 is 1.54 bits per heavy atom. The summed E-state index contributed by atoms with van der Waals surface area (Å²) in [6.45, 7) is 3.96. The zero-order valence-corrected chi connectivity index (χ0v) is 13.6. The van der Waals surface area contributed by atoms with Gasteiger partial charge in [-0.05, 0) is 26.0 Å². The predicted molar refractivity (Wildman–Crippen MR) is 94.2 cm³/mol. The third kappa shape index (κ3) is 2.68. The highest BCUT2D eigenvalue weighted by Crippen LogP contribution is 2.26. The van der Waals surface area contributed by atoms with Gasteiger partial charge < -0.3 is 10.3 Å². The number of aryl methyl sites for hydroxylation is 2. The first-order valence-corrected chi connectivity index (χ1v) is 7.60. The van der Waals surface area contributed by atoms with E-state index < -0.39 is 0 Å². The number of aromatic nitrogens is 1. The molecule has 4 heteroatoms. The fourth-order valence-electron chi connectivity index (χ4n) is 2.59. The number of nitriles is 1. The van der Waals surface area contributed by atoms with Crippen LogP contribution in [0.5, 0.6) is 0 Å². The van der Waals surface area contributed by atoms with E-state index in [2.05, 4.69) is 6.07 Å². The zero-order valence-electron chi connectivity index (χ0n) is 13.6. The fourth-order valence-corrected chi connectivity index (χ4v) is 2.59. The van der Waals surface area contributed by atoms with E-state index >= 15 is 0 Å². The molecule has 3 aromatic rings. The van der Waals surface area contributed by atoms with E-state index in [1.54, 1.807) is 22.9 Å². The molecule has 0 amide bonds. The van der Waals surface area contributed by atoms with Crippen LogP contribution in [-0.2, 0) is 0 Å². The Balaban J connectivity index is 2.10. The Kier molecular flexibility index (Phi) is 3.93. The molecule has 0 aliphatic rings. The number of rotatable bonds is 3. The number of nitrogens with two attached hydrogens (primary N) is 1. The number of hydrogen-bond acceptors (Lipinski definition) is 3. The van der Waals surface area contributed by atoms with Gasteiger partial charge in [0.15, 0.2) is 5.78 Å². The number of anilines is 1. The first kappa shape index (κ1) is 15.6. The van der Waals surface area contributed by atoms with Crippen LogP contribution in [0.15, 0.2) is 54.7 Å². The molecule has 1 heterocycles. The summed E-state index contributed by atoms with van der Waals surface area (Å²) in [6, 6.07) is 17.1. The lowest BCUT2D eigenvalue weighted by molar-refractivity contribution is 0.103. The van der Waals surface area contributed by atoms with Crippen LogP contribution in [0.25, 0.3) is 5.69 Å². The Labute approximate surface area is 140 Å². The Hall–Kier alpha value is -3.32. The van der Waals surface area contributed by atoms with Gasteiger partial charge in [0.1, 0.15) is 17.5 Å². The summed E-state index contributed by atoms with van der Waals surface area (Å²) < 4.78 is 1.68. The summed E-state index contributed by atoms with van der Waals surface area (Å²) in [4.78, 5) is 12.8. The van der Waals surface area contributed by atoms with Crippen molar-refractivity contribution in [3.63, 3.8) is 0 Å². The monoisotopic (exact) mass is 315 g/mol. The average Bonchev–Trinajstić information content (AvgIpc) is 2.92. The van der Waals surface area contributed by atoms with Crippen LogP contribution in [0.3, 0.4) is 0 Å². The van der Waals surface area contributed by atoms with Gasteiger partial charge in [-0.15, -0.1) is 0 Å². The SMILES string of the molecule is Cc1ccc(C(=O)c2cn(-c3ccc(C)cc3)c(N)c2C#N)cc1. The van der Waals surface area contributed by atoms with Gasteiger partial charge in [0.2, 0.25) is 0 Å². The molecule has 0 unspecified atom stereocenters. The molecule has 0 bridgehead atoms. The Bertz CT molecular complexity index is 942. The van der Waals surface area contributed by atoms with E-state index in [0.29, 0.717) is 11.1 Å². The molecule has 1 aromatic heterocycles. The summed E-state index contributed by atoms with van der Waals surface area (Å²) in [5, 5.41) is 9.45. The third-order valence-corrected chi connectivity index (χ3v) is 4.03. The molecule has 0 fully saturated rings. The highest BCUT2D eigenvalue weighted by atomic mass is 16.1. The lowest BCUT2D eigenvalue weighted by Crippen LogP contribution is -2.02. The van der Waals surface area contributed by atoms with Gasteiger partial charge in [-0.3, -0.25) is 4.79 Å². The van der Waals surface area contributed by atoms with Crippen molar-refractivity contribution < 1.29 is 4.79 Å². The van der Waals surface area contributed by atoms with Crippen molar-refractivity contribution in [1.29, 1.82) is 5.26 Å². The van der Waals surface area contributed by atoms with Crippen molar-refractivity contribution in [2.45, 2.75) is 13.8 Å². The van der Waals surface area contributed by atoms with Crippen LogP contribution < -0.4 is 5.73 Å². The molecule has 2 aromatic carbocycles. The van der Waals surface area contributed by atoms with Gasteiger partial charge in [-0.2, -0.15) is 5.26 Å². The smallest absolute Gasteiger partial charge is 0.195 e. The van der Waals surface area contributed by atoms with Crippen LogP contribution in [-0.4, -0.2) is 10.4 Å². The third-order valence-electron chi connectivity index (χ3n) is 4.03. The predicted octanol–water partition coefficient (Wildman–Crippen LogP) is 3.78. The number of carbonyl (C=O) groups excluding carboxylic acids is 1. The molecule has 0 spiro atoms. The van der Waals surface area contributed by atoms with Crippen LogP contribution in [0.2, 0.25) is 0 Å². The van der Waals surface area contributed by atoms with E-state index in [1.165, 1.54) is 0 Å². The molecule has 0 radical (unpaired) electrons. The topological polar surface area (TPSA) is 71.8 Å². The van der Waals surface area contributed by atoms with Gasteiger partial charge in [-0.25, -0.2) is 0 Å². The van der Waals surface area contributed by atoms with Crippen LogP contribution in [0.4, 0.5) is 5.82 Å². The molecule has 0 aliphatic carbocycles. The van der Waals surface area contributed by atoms with Crippen molar-refractivity contribution in [2.75, 3.05) is 5.73 Å².